The lowest BCUT2D eigenvalue weighted by Crippen LogP contribution is -2.23. The third kappa shape index (κ3) is 2.64. The highest BCUT2D eigenvalue weighted by Gasteiger charge is 2.13. The molecule has 106 valence electrons. The Labute approximate surface area is 113 Å². The first-order chi connectivity index (χ1) is 9.55. The second-order valence-corrected chi connectivity index (χ2v) is 3.82. The molecule has 11 nitrogen and oxygen atoms in total. The van der Waals surface area contributed by atoms with Crippen molar-refractivity contribution in [3.05, 3.63) is 22.9 Å². The Kier molecular flexibility index (Phi) is 3.74. The third-order valence-corrected chi connectivity index (χ3v) is 2.39. The van der Waals surface area contributed by atoms with Gasteiger partial charge in [-0.05, 0) is 4.47 Å². The van der Waals surface area contributed by atoms with Crippen LogP contribution in [0.3, 0.4) is 0 Å². The maximum Gasteiger partial charge on any atom is 0.375 e. The van der Waals surface area contributed by atoms with Crippen molar-refractivity contribution in [1.82, 2.24) is 24.4 Å². The molecule has 2 aromatic rings. The standard InChI is InChI=1S/C8H8N6O5S/c1-18-5-3-6(19-2)11-7(10-5)14-8(15)13(4-9-14)12-20(16)17/h3-4H,1-2H3. The predicted molar refractivity (Wildman–Crippen MR) is 63.3 cm³/mol. The van der Waals surface area contributed by atoms with Gasteiger partial charge in [0, 0.05) is 0 Å². The Morgan fingerprint density at radius 1 is 1.20 bits per heavy atom. The fourth-order valence-corrected chi connectivity index (χ4v) is 1.51. The largest absolute Gasteiger partial charge is 0.481 e. The van der Waals surface area contributed by atoms with Crippen LogP contribution in [0.25, 0.3) is 5.95 Å². The van der Waals surface area contributed by atoms with Crippen LogP contribution in [0.2, 0.25) is 0 Å². The first kappa shape index (κ1) is 13.7. The van der Waals surface area contributed by atoms with Gasteiger partial charge >= 0.3 is 16.2 Å². The Balaban J connectivity index is 2.60. The molecule has 0 saturated carbocycles. The van der Waals surface area contributed by atoms with Gasteiger partial charge in [-0.15, -0.1) is 9.78 Å². The summed E-state index contributed by atoms with van der Waals surface area (Å²) in [5.74, 6) is 0.159. The van der Waals surface area contributed by atoms with Crippen LogP contribution >= 0.6 is 0 Å². The number of hydrogen-bond donors (Lipinski definition) is 0. The molecule has 0 aliphatic rings. The SMILES string of the molecule is COc1cc(OC)nc(-n2ncn(N=S(=O)=O)c2=O)n1. The molecule has 2 rings (SSSR count). The highest BCUT2D eigenvalue weighted by molar-refractivity contribution is 7.61. The average molecular weight is 300 g/mol. The summed E-state index contributed by atoms with van der Waals surface area (Å²) < 4.78 is 35.0. The van der Waals surface area contributed by atoms with Crippen LogP contribution in [0.5, 0.6) is 11.8 Å². The summed E-state index contributed by atoms with van der Waals surface area (Å²) in [4.78, 5) is 19.6. The molecule has 0 aromatic carbocycles. The summed E-state index contributed by atoms with van der Waals surface area (Å²) in [7, 11) is -0.0318. The van der Waals surface area contributed by atoms with E-state index in [0.29, 0.717) is 4.68 Å². The third-order valence-electron chi connectivity index (χ3n) is 2.08. The Bertz CT molecular complexity index is 792. The molecule has 0 fully saturated rings. The summed E-state index contributed by atoms with van der Waals surface area (Å²) >= 11 is 0. The summed E-state index contributed by atoms with van der Waals surface area (Å²) in [5.41, 5.74) is -0.857. The van der Waals surface area contributed by atoms with Gasteiger partial charge in [-0.1, -0.05) is 0 Å². The van der Waals surface area contributed by atoms with Crippen LogP contribution in [0.15, 0.2) is 21.7 Å². The molecule has 0 spiro atoms. The molecule has 0 N–H and O–H groups in total. The minimum atomic E-state index is -2.79. The quantitative estimate of drug-likeness (QED) is 0.678. The molecule has 2 heterocycles. The number of ether oxygens (including phenoxy) is 2. The molecule has 2 aromatic heterocycles. The highest BCUT2D eigenvalue weighted by atomic mass is 32.2. The lowest BCUT2D eigenvalue weighted by Gasteiger charge is -2.04. The van der Waals surface area contributed by atoms with Crippen molar-refractivity contribution in [2.45, 2.75) is 0 Å². The van der Waals surface area contributed by atoms with E-state index in [-0.39, 0.29) is 17.7 Å². The van der Waals surface area contributed by atoms with E-state index in [0.717, 1.165) is 11.0 Å². The molecule has 0 aliphatic heterocycles. The number of methoxy groups -OCH3 is 2. The second-order valence-electron chi connectivity index (χ2n) is 3.22. The summed E-state index contributed by atoms with van der Waals surface area (Å²) in [6.45, 7) is 0. The van der Waals surface area contributed by atoms with Crippen molar-refractivity contribution in [2.24, 2.45) is 4.47 Å². The van der Waals surface area contributed by atoms with Crippen molar-refractivity contribution >= 4 is 10.5 Å². The molecular weight excluding hydrogens is 292 g/mol. The molecule has 20 heavy (non-hydrogen) atoms. The van der Waals surface area contributed by atoms with Crippen molar-refractivity contribution in [3.63, 3.8) is 0 Å². The molecule has 0 saturated heterocycles. The maximum absolute atomic E-state index is 11.8. The lowest BCUT2D eigenvalue weighted by molar-refractivity contribution is 0.369. The second kappa shape index (κ2) is 5.48. The maximum atomic E-state index is 11.8. The molecule has 12 heteroatoms. The summed E-state index contributed by atoms with van der Waals surface area (Å²) in [6, 6.07) is 1.41. The van der Waals surface area contributed by atoms with Gasteiger partial charge in [0.05, 0.1) is 20.3 Å². The molecule has 0 unspecified atom stereocenters. The molecule has 0 atom stereocenters. The van der Waals surface area contributed by atoms with Crippen molar-refractivity contribution in [1.29, 1.82) is 0 Å². The van der Waals surface area contributed by atoms with Crippen molar-refractivity contribution in [2.75, 3.05) is 14.2 Å². The molecule has 0 aliphatic carbocycles. The van der Waals surface area contributed by atoms with Crippen LogP contribution in [0.4, 0.5) is 0 Å². The fourth-order valence-electron chi connectivity index (χ4n) is 1.26. The minimum absolute atomic E-state index is 0.142. The Morgan fingerprint density at radius 2 is 1.80 bits per heavy atom. The van der Waals surface area contributed by atoms with E-state index in [9.17, 15) is 13.2 Å². The van der Waals surface area contributed by atoms with Gasteiger partial charge < -0.3 is 9.47 Å². The minimum Gasteiger partial charge on any atom is -0.481 e. The fraction of sp³-hybridized carbons (Fsp3) is 0.250. The van der Waals surface area contributed by atoms with Gasteiger partial charge in [0.25, 0.3) is 5.95 Å². The summed E-state index contributed by atoms with van der Waals surface area (Å²) in [6.07, 6.45) is 0.910. The van der Waals surface area contributed by atoms with Crippen LogP contribution < -0.4 is 15.2 Å². The van der Waals surface area contributed by atoms with Gasteiger partial charge in [-0.3, -0.25) is 0 Å². The van der Waals surface area contributed by atoms with Crippen molar-refractivity contribution in [3.8, 4) is 17.7 Å². The Hall–Kier alpha value is -2.76. The van der Waals surface area contributed by atoms with Crippen LogP contribution in [-0.2, 0) is 10.5 Å². The average Bonchev–Trinajstić information content (AvgIpc) is 2.79. The molecule has 0 bridgehead atoms. The van der Waals surface area contributed by atoms with E-state index in [1.54, 1.807) is 0 Å². The van der Waals surface area contributed by atoms with Crippen molar-refractivity contribution < 1.29 is 17.9 Å². The summed E-state index contributed by atoms with van der Waals surface area (Å²) in [5, 5.41) is 3.65. The molecule has 0 amide bonds. The number of nitrogens with zero attached hydrogens (tertiary/aromatic N) is 6. The van der Waals surface area contributed by atoms with Crippen LogP contribution in [0.1, 0.15) is 0 Å². The first-order valence-electron chi connectivity index (χ1n) is 5.00. The molecule has 0 radical (unpaired) electrons. The Morgan fingerprint density at radius 3 is 2.30 bits per heavy atom. The normalized spacial score (nSPS) is 10.1. The highest BCUT2D eigenvalue weighted by Crippen LogP contribution is 2.15. The van der Waals surface area contributed by atoms with Gasteiger partial charge in [0.15, 0.2) is 0 Å². The van der Waals surface area contributed by atoms with Gasteiger partial charge in [-0.2, -0.15) is 23.1 Å². The van der Waals surface area contributed by atoms with Gasteiger partial charge in [-0.25, -0.2) is 4.79 Å². The zero-order valence-corrected chi connectivity index (χ0v) is 11.1. The zero-order valence-electron chi connectivity index (χ0n) is 10.3. The number of rotatable bonds is 4. The lowest BCUT2D eigenvalue weighted by atomic mass is 10.6. The number of hydrogen-bond acceptors (Lipinski definition) is 9. The van der Waals surface area contributed by atoms with E-state index in [1.165, 1.54) is 20.3 Å². The number of aromatic nitrogens is 5. The van der Waals surface area contributed by atoms with Gasteiger partial charge in [0.1, 0.15) is 6.33 Å². The van der Waals surface area contributed by atoms with Gasteiger partial charge in [0.2, 0.25) is 11.8 Å². The van der Waals surface area contributed by atoms with E-state index in [1.807, 2.05) is 0 Å². The molecular formula is C8H8N6O5S. The van der Waals surface area contributed by atoms with Crippen LogP contribution in [0, 0.1) is 0 Å². The first-order valence-corrected chi connectivity index (χ1v) is 6.04. The predicted octanol–water partition coefficient (Wildman–Crippen LogP) is -1.33. The van der Waals surface area contributed by atoms with E-state index >= 15 is 0 Å². The topological polar surface area (TPSA) is 131 Å². The van der Waals surface area contributed by atoms with Crippen LogP contribution in [-0.4, -0.2) is 47.1 Å². The van der Waals surface area contributed by atoms with E-state index < -0.39 is 16.2 Å². The van der Waals surface area contributed by atoms with E-state index in [4.69, 9.17) is 9.47 Å². The zero-order chi connectivity index (χ0) is 14.7. The monoisotopic (exact) mass is 300 g/mol. The van der Waals surface area contributed by atoms with E-state index in [2.05, 4.69) is 19.5 Å². The smallest absolute Gasteiger partial charge is 0.375 e.